The van der Waals surface area contributed by atoms with Crippen LogP contribution in [-0.2, 0) is 17.9 Å². The number of hydrogen-bond donors (Lipinski definition) is 0. The van der Waals surface area contributed by atoms with E-state index < -0.39 is 0 Å². The number of nitrogens with zero attached hydrogens (tertiary/aromatic N) is 1. The van der Waals surface area contributed by atoms with Crippen LogP contribution in [-0.4, -0.2) is 22.2 Å². The van der Waals surface area contributed by atoms with Gasteiger partial charge in [-0.2, -0.15) is 0 Å². The number of carbonyl (C=O) groups excluding carboxylic acids is 1. The molecule has 0 saturated carbocycles. The number of benzene rings is 3. The van der Waals surface area contributed by atoms with E-state index in [1.165, 1.54) is 23.9 Å². The van der Waals surface area contributed by atoms with Gasteiger partial charge in [0.25, 0.3) is 5.91 Å². The summed E-state index contributed by atoms with van der Waals surface area (Å²) >= 11 is 10.2. The van der Waals surface area contributed by atoms with E-state index in [1.807, 2.05) is 48.5 Å². The Kier molecular flexibility index (Phi) is 7.47. The minimum atomic E-state index is -0.296. The highest BCUT2D eigenvalue weighted by atomic mass is 79.9. The predicted molar refractivity (Wildman–Crippen MR) is 137 cm³/mol. The third kappa shape index (κ3) is 5.82. The van der Waals surface area contributed by atoms with Crippen LogP contribution in [0.5, 0.6) is 11.5 Å². The average Bonchev–Trinajstić information content (AvgIpc) is 3.06. The molecule has 4 nitrogen and oxygen atoms in total. The van der Waals surface area contributed by atoms with Gasteiger partial charge in [0, 0.05) is 0 Å². The molecule has 4 rings (SSSR count). The molecule has 1 fully saturated rings. The van der Waals surface area contributed by atoms with Crippen molar-refractivity contribution in [3.63, 3.8) is 0 Å². The number of ether oxygens (including phenoxy) is 2. The molecule has 3 aromatic carbocycles. The summed E-state index contributed by atoms with van der Waals surface area (Å²) in [4.78, 5) is 15.1. The molecule has 1 aliphatic heterocycles. The maximum absolute atomic E-state index is 13.3. The van der Waals surface area contributed by atoms with Crippen LogP contribution in [0.15, 0.2) is 76.1 Å². The zero-order chi connectivity index (χ0) is 23.4. The van der Waals surface area contributed by atoms with Gasteiger partial charge in [0.2, 0.25) is 0 Å². The van der Waals surface area contributed by atoms with Crippen LogP contribution in [0.3, 0.4) is 0 Å². The molecule has 0 radical (unpaired) electrons. The molecule has 0 atom stereocenters. The Labute approximate surface area is 209 Å². The van der Waals surface area contributed by atoms with Crippen molar-refractivity contribution < 1.29 is 18.7 Å². The van der Waals surface area contributed by atoms with E-state index in [1.54, 1.807) is 24.1 Å². The lowest BCUT2D eigenvalue weighted by Crippen LogP contribution is -2.27. The van der Waals surface area contributed by atoms with E-state index in [0.29, 0.717) is 21.5 Å². The Balaban J connectivity index is 1.44. The zero-order valence-electron chi connectivity index (χ0n) is 17.6. The summed E-state index contributed by atoms with van der Waals surface area (Å²) in [6.45, 7) is 0.655. The number of thioether (sulfide) groups is 1. The van der Waals surface area contributed by atoms with Gasteiger partial charge in [0.05, 0.1) is 23.0 Å². The molecule has 0 bridgehead atoms. The van der Waals surface area contributed by atoms with Crippen molar-refractivity contribution in [1.29, 1.82) is 0 Å². The first-order valence-corrected chi connectivity index (χ1v) is 12.0. The summed E-state index contributed by atoms with van der Waals surface area (Å²) in [5, 5.41) is 0. The number of rotatable bonds is 7. The minimum absolute atomic E-state index is 0.122. The topological polar surface area (TPSA) is 38.8 Å². The Morgan fingerprint density at radius 1 is 1.09 bits per heavy atom. The molecule has 1 amide bonds. The van der Waals surface area contributed by atoms with Crippen LogP contribution in [0.4, 0.5) is 4.39 Å². The lowest BCUT2D eigenvalue weighted by Gasteiger charge is -2.14. The van der Waals surface area contributed by atoms with Crippen LogP contribution >= 0.6 is 39.9 Å². The fourth-order valence-corrected chi connectivity index (χ4v) is 4.98. The minimum Gasteiger partial charge on any atom is -0.497 e. The highest BCUT2D eigenvalue weighted by molar-refractivity contribution is 9.10. The summed E-state index contributed by atoms with van der Waals surface area (Å²) in [5.41, 5.74) is 2.55. The summed E-state index contributed by atoms with van der Waals surface area (Å²) < 4.78 is 25.6. The molecule has 168 valence electrons. The Hall–Kier alpha value is -2.68. The van der Waals surface area contributed by atoms with Gasteiger partial charge in [-0.1, -0.05) is 54.3 Å². The molecule has 1 heterocycles. The number of thiocarbonyl (C=S) groups is 1. The third-order valence-electron chi connectivity index (χ3n) is 4.91. The van der Waals surface area contributed by atoms with Crippen molar-refractivity contribution in [3.8, 4) is 11.5 Å². The van der Waals surface area contributed by atoms with E-state index in [2.05, 4.69) is 15.9 Å². The first-order chi connectivity index (χ1) is 15.9. The Morgan fingerprint density at radius 2 is 1.88 bits per heavy atom. The third-order valence-corrected chi connectivity index (χ3v) is 6.91. The van der Waals surface area contributed by atoms with E-state index in [0.717, 1.165) is 26.9 Å². The van der Waals surface area contributed by atoms with E-state index in [4.69, 9.17) is 21.7 Å². The van der Waals surface area contributed by atoms with Crippen molar-refractivity contribution in [2.75, 3.05) is 7.11 Å². The van der Waals surface area contributed by atoms with Gasteiger partial charge < -0.3 is 9.47 Å². The summed E-state index contributed by atoms with van der Waals surface area (Å²) in [7, 11) is 1.61. The fraction of sp³-hybridized carbons (Fsp3) is 0.120. The quantitative estimate of drug-likeness (QED) is 0.248. The van der Waals surface area contributed by atoms with Crippen molar-refractivity contribution in [3.05, 3.63) is 98.6 Å². The molecule has 0 spiro atoms. The number of halogens is 2. The first kappa shape index (κ1) is 23.5. The fourth-order valence-electron chi connectivity index (χ4n) is 3.21. The predicted octanol–water partition coefficient (Wildman–Crippen LogP) is 6.58. The van der Waals surface area contributed by atoms with Crippen molar-refractivity contribution in [2.45, 2.75) is 13.2 Å². The van der Waals surface area contributed by atoms with Gasteiger partial charge in [-0.15, -0.1) is 0 Å². The number of carbonyl (C=O) groups is 1. The number of hydrogen-bond acceptors (Lipinski definition) is 5. The molecule has 1 saturated heterocycles. The lowest BCUT2D eigenvalue weighted by molar-refractivity contribution is -0.122. The van der Waals surface area contributed by atoms with Crippen molar-refractivity contribution >= 4 is 56.2 Å². The number of amides is 1. The smallest absolute Gasteiger partial charge is 0.266 e. The molecule has 0 aromatic heterocycles. The maximum atomic E-state index is 13.3. The van der Waals surface area contributed by atoms with Crippen LogP contribution in [0.1, 0.15) is 16.7 Å². The first-order valence-electron chi connectivity index (χ1n) is 9.98. The average molecular weight is 544 g/mol. The molecular weight excluding hydrogens is 525 g/mol. The summed E-state index contributed by atoms with van der Waals surface area (Å²) in [6.07, 6.45) is 1.81. The Bertz CT molecular complexity index is 1230. The second-order valence-corrected chi connectivity index (χ2v) is 9.75. The zero-order valence-corrected chi connectivity index (χ0v) is 20.8. The molecule has 33 heavy (non-hydrogen) atoms. The van der Waals surface area contributed by atoms with Gasteiger partial charge in [0.15, 0.2) is 0 Å². The second-order valence-electron chi connectivity index (χ2n) is 7.22. The van der Waals surface area contributed by atoms with Gasteiger partial charge in [0.1, 0.15) is 28.2 Å². The molecule has 3 aromatic rings. The van der Waals surface area contributed by atoms with Crippen LogP contribution < -0.4 is 9.47 Å². The SMILES string of the molecule is COc1ccc(CN2C(=O)/C(=C/c3ccc(OCc4cccc(F)c4)c(Br)c3)SC2=S)cc1. The highest BCUT2D eigenvalue weighted by Gasteiger charge is 2.32. The maximum Gasteiger partial charge on any atom is 0.266 e. The molecule has 8 heteroatoms. The summed E-state index contributed by atoms with van der Waals surface area (Å²) in [5.74, 6) is 0.972. The van der Waals surface area contributed by atoms with Crippen molar-refractivity contribution in [2.24, 2.45) is 0 Å². The standard InChI is InChI=1S/C25H19BrFNO3S2/c1-30-20-8-5-16(6-9-20)14-28-24(29)23(33-25(28)32)13-17-7-10-22(21(26)12-17)31-15-18-3-2-4-19(27)11-18/h2-13H,14-15H2,1H3/b23-13-. The number of methoxy groups -OCH3 is 1. The van der Waals surface area contributed by atoms with Crippen LogP contribution in [0.25, 0.3) is 6.08 Å². The van der Waals surface area contributed by atoms with Crippen molar-refractivity contribution in [1.82, 2.24) is 4.90 Å². The van der Waals surface area contributed by atoms with Gasteiger partial charge in [-0.3, -0.25) is 9.69 Å². The van der Waals surface area contributed by atoms with E-state index >= 15 is 0 Å². The largest absolute Gasteiger partial charge is 0.497 e. The monoisotopic (exact) mass is 543 g/mol. The molecular formula is C25H19BrFNO3S2. The molecule has 0 aliphatic carbocycles. The van der Waals surface area contributed by atoms with Gasteiger partial charge >= 0.3 is 0 Å². The van der Waals surface area contributed by atoms with Crippen LogP contribution in [0, 0.1) is 5.82 Å². The lowest BCUT2D eigenvalue weighted by atomic mass is 10.2. The van der Waals surface area contributed by atoms with E-state index in [9.17, 15) is 9.18 Å². The second kappa shape index (κ2) is 10.5. The normalized spacial score (nSPS) is 14.8. The molecule has 0 unspecified atom stereocenters. The molecule has 0 N–H and O–H groups in total. The van der Waals surface area contributed by atoms with E-state index in [-0.39, 0.29) is 18.3 Å². The Morgan fingerprint density at radius 3 is 2.58 bits per heavy atom. The van der Waals surface area contributed by atoms with Gasteiger partial charge in [-0.25, -0.2) is 4.39 Å². The molecule has 1 aliphatic rings. The van der Waals surface area contributed by atoms with Crippen LogP contribution in [0.2, 0.25) is 0 Å². The summed E-state index contributed by atoms with van der Waals surface area (Å²) in [6, 6.07) is 19.4. The highest BCUT2D eigenvalue weighted by Crippen LogP contribution is 2.35. The van der Waals surface area contributed by atoms with Gasteiger partial charge in [-0.05, 0) is 75.1 Å².